The van der Waals surface area contributed by atoms with Crippen LogP contribution in [0.1, 0.15) is 44.1 Å². The highest BCUT2D eigenvalue weighted by molar-refractivity contribution is 5.13. The van der Waals surface area contributed by atoms with E-state index in [0.29, 0.717) is 6.54 Å². The van der Waals surface area contributed by atoms with Gasteiger partial charge in [-0.05, 0) is 67.8 Å². The summed E-state index contributed by atoms with van der Waals surface area (Å²) in [7, 11) is 0. The van der Waals surface area contributed by atoms with Crippen molar-refractivity contribution in [2.24, 2.45) is 29.4 Å². The molecule has 18 heavy (non-hydrogen) atoms. The first-order chi connectivity index (χ1) is 8.83. The van der Waals surface area contributed by atoms with Gasteiger partial charge in [-0.2, -0.15) is 0 Å². The van der Waals surface area contributed by atoms with Crippen LogP contribution in [0.5, 0.6) is 0 Å². The van der Waals surface area contributed by atoms with Crippen molar-refractivity contribution in [1.29, 1.82) is 0 Å². The molecule has 4 fully saturated rings. The molecule has 0 amide bonds. The Morgan fingerprint density at radius 1 is 0.722 bits per heavy atom. The van der Waals surface area contributed by atoms with Gasteiger partial charge in [-0.15, -0.1) is 0 Å². The van der Waals surface area contributed by atoms with Gasteiger partial charge in [0.2, 0.25) is 0 Å². The third kappa shape index (κ3) is 2.77. The Kier molecular flexibility index (Phi) is 3.69. The van der Waals surface area contributed by atoms with Crippen molar-refractivity contribution in [3.05, 3.63) is 35.9 Å². The molecule has 1 nitrogen and oxygen atoms in total. The lowest BCUT2D eigenvalue weighted by molar-refractivity contribution is 0.0198. The zero-order chi connectivity index (χ0) is 12.4. The number of hydrogen-bond acceptors (Lipinski definition) is 1. The van der Waals surface area contributed by atoms with Gasteiger partial charge < -0.3 is 5.73 Å². The van der Waals surface area contributed by atoms with Crippen LogP contribution in [0.15, 0.2) is 30.3 Å². The van der Waals surface area contributed by atoms with Crippen LogP contribution in [0.4, 0.5) is 0 Å². The molecule has 1 heteroatoms. The Morgan fingerprint density at radius 3 is 1.39 bits per heavy atom. The molecule has 0 aromatic heterocycles. The third-order valence-corrected chi connectivity index (χ3v) is 5.08. The Hall–Kier alpha value is -0.820. The van der Waals surface area contributed by atoms with Gasteiger partial charge in [0, 0.05) is 6.54 Å². The molecule has 0 atom stereocenters. The third-order valence-electron chi connectivity index (χ3n) is 5.08. The Balaban J connectivity index is 0.000000115. The zero-order valence-electron chi connectivity index (χ0n) is 11.2. The molecule has 0 heterocycles. The Morgan fingerprint density at radius 2 is 1.11 bits per heavy atom. The van der Waals surface area contributed by atoms with Crippen LogP contribution in [-0.4, -0.2) is 0 Å². The normalized spacial score (nSPS) is 36.1. The van der Waals surface area contributed by atoms with Gasteiger partial charge in [0.25, 0.3) is 0 Å². The van der Waals surface area contributed by atoms with E-state index < -0.39 is 0 Å². The largest absolute Gasteiger partial charge is 0.326 e. The van der Waals surface area contributed by atoms with E-state index in [9.17, 15) is 0 Å². The van der Waals surface area contributed by atoms with Gasteiger partial charge in [-0.3, -0.25) is 0 Å². The second-order valence-electron chi connectivity index (χ2n) is 6.57. The van der Waals surface area contributed by atoms with Gasteiger partial charge >= 0.3 is 0 Å². The highest BCUT2D eigenvalue weighted by atomic mass is 14.5. The fourth-order valence-corrected chi connectivity index (χ4v) is 4.60. The molecule has 1 aromatic carbocycles. The van der Waals surface area contributed by atoms with Crippen molar-refractivity contribution in [2.75, 3.05) is 0 Å². The maximum atomic E-state index is 5.35. The average Bonchev–Trinajstić information content (AvgIpc) is 2.39. The second kappa shape index (κ2) is 5.44. The minimum Gasteiger partial charge on any atom is -0.326 e. The van der Waals surface area contributed by atoms with Gasteiger partial charge in [-0.1, -0.05) is 30.3 Å². The van der Waals surface area contributed by atoms with Crippen LogP contribution < -0.4 is 5.73 Å². The van der Waals surface area contributed by atoms with Gasteiger partial charge in [0.05, 0.1) is 0 Å². The lowest BCUT2D eigenvalue weighted by Gasteiger charge is -2.49. The van der Waals surface area contributed by atoms with Crippen LogP contribution in [-0.2, 0) is 6.54 Å². The maximum Gasteiger partial charge on any atom is 0.0178 e. The highest BCUT2D eigenvalue weighted by Crippen LogP contribution is 2.53. The van der Waals surface area contributed by atoms with Gasteiger partial charge in [0.15, 0.2) is 0 Å². The molecular weight excluding hydrogens is 218 g/mol. The van der Waals surface area contributed by atoms with E-state index in [0.717, 1.165) is 0 Å². The number of nitrogens with two attached hydrogens (primary N) is 1. The van der Waals surface area contributed by atoms with Crippen LogP contribution in [0.25, 0.3) is 0 Å². The first kappa shape index (κ1) is 12.2. The van der Waals surface area contributed by atoms with E-state index in [4.69, 9.17) is 5.73 Å². The zero-order valence-corrected chi connectivity index (χ0v) is 11.2. The molecule has 4 aliphatic rings. The molecular formula is C17H25N. The average molecular weight is 243 g/mol. The number of benzene rings is 1. The predicted octanol–water partition coefficient (Wildman–Crippen LogP) is 3.98. The summed E-state index contributed by atoms with van der Waals surface area (Å²) >= 11 is 0. The molecule has 98 valence electrons. The minimum atomic E-state index is 0.640. The van der Waals surface area contributed by atoms with Crippen molar-refractivity contribution in [3.8, 4) is 0 Å². The van der Waals surface area contributed by atoms with Crippen LogP contribution >= 0.6 is 0 Å². The fourth-order valence-electron chi connectivity index (χ4n) is 4.60. The quantitative estimate of drug-likeness (QED) is 0.793. The van der Waals surface area contributed by atoms with Crippen molar-refractivity contribution in [1.82, 2.24) is 0 Å². The Bertz CT molecular complexity index is 314. The molecule has 1 aromatic rings. The summed E-state index contributed by atoms with van der Waals surface area (Å²) in [6, 6.07) is 9.99. The monoisotopic (exact) mass is 243 g/mol. The lowest BCUT2D eigenvalue weighted by Crippen LogP contribution is -2.38. The molecule has 0 aliphatic heterocycles. The molecule has 0 saturated heterocycles. The van der Waals surface area contributed by atoms with E-state index >= 15 is 0 Å². The molecule has 5 rings (SSSR count). The summed E-state index contributed by atoms with van der Waals surface area (Å²) in [5, 5.41) is 0. The first-order valence-electron chi connectivity index (χ1n) is 7.57. The summed E-state index contributed by atoms with van der Waals surface area (Å²) in [4.78, 5) is 0. The van der Waals surface area contributed by atoms with Crippen molar-refractivity contribution < 1.29 is 0 Å². The molecule has 2 N–H and O–H groups in total. The summed E-state index contributed by atoms with van der Waals surface area (Å²) < 4.78 is 0. The summed E-state index contributed by atoms with van der Waals surface area (Å²) in [5.41, 5.74) is 6.54. The van der Waals surface area contributed by atoms with E-state index in [2.05, 4.69) is 0 Å². The van der Waals surface area contributed by atoms with E-state index in [1.54, 1.807) is 38.5 Å². The molecule has 4 bridgehead atoms. The first-order valence-corrected chi connectivity index (χ1v) is 7.57. The number of rotatable bonds is 1. The second-order valence-corrected chi connectivity index (χ2v) is 6.57. The van der Waals surface area contributed by atoms with E-state index in [1.165, 1.54) is 29.2 Å². The summed E-state index contributed by atoms with van der Waals surface area (Å²) in [6.45, 7) is 0.640. The molecule has 0 unspecified atom stereocenters. The lowest BCUT2D eigenvalue weighted by atomic mass is 9.56. The highest BCUT2D eigenvalue weighted by Gasteiger charge is 2.41. The molecule has 0 spiro atoms. The SMILES string of the molecule is C1C2CC3CC1CC(C2)C3.NCc1ccccc1. The fraction of sp³-hybridized carbons (Fsp3) is 0.647. The van der Waals surface area contributed by atoms with Crippen LogP contribution in [0, 0.1) is 23.7 Å². The standard InChI is InChI=1S/C10H16.C7H9N/c1-7-2-9-4-8(1)5-10(3-7)6-9;8-6-7-4-2-1-3-5-7/h7-10H,1-6H2;1-5H,6,8H2. The van der Waals surface area contributed by atoms with E-state index in [1.807, 2.05) is 30.3 Å². The van der Waals surface area contributed by atoms with Gasteiger partial charge in [0.1, 0.15) is 0 Å². The topological polar surface area (TPSA) is 26.0 Å². The smallest absolute Gasteiger partial charge is 0.0178 e. The van der Waals surface area contributed by atoms with Gasteiger partial charge in [-0.25, -0.2) is 0 Å². The molecule has 4 aliphatic carbocycles. The number of hydrogen-bond donors (Lipinski definition) is 1. The van der Waals surface area contributed by atoms with Crippen molar-refractivity contribution in [3.63, 3.8) is 0 Å². The van der Waals surface area contributed by atoms with Crippen molar-refractivity contribution >= 4 is 0 Å². The maximum absolute atomic E-state index is 5.35. The van der Waals surface area contributed by atoms with Crippen LogP contribution in [0.3, 0.4) is 0 Å². The van der Waals surface area contributed by atoms with Crippen LogP contribution in [0.2, 0.25) is 0 Å². The Labute approximate surface area is 111 Å². The summed E-state index contributed by atoms with van der Waals surface area (Å²) in [5.74, 6) is 4.71. The minimum absolute atomic E-state index is 0.640. The molecule has 4 saturated carbocycles. The molecule has 0 radical (unpaired) electrons. The summed E-state index contributed by atoms with van der Waals surface area (Å²) in [6.07, 6.45) is 9.62. The van der Waals surface area contributed by atoms with E-state index in [-0.39, 0.29) is 0 Å². The van der Waals surface area contributed by atoms with Crippen molar-refractivity contribution in [2.45, 2.75) is 45.1 Å². The predicted molar refractivity (Wildman–Crippen MR) is 76.0 cm³/mol.